The number of allylic oxidation sites excluding steroid dienone is 1. The van der Waals surface area contributed by atoms with Crippen molar-refractivity contribution >= 4 is 17.2 Å². The fourth-order valence-electron chi connectivity index (χ4n) is 3.46. The molecule has 0 aliphatic carbocycles. The summed E-state index contributed by atoms with van der Waals surface area (Å²) in [5.74, 6) is 0.0967. The number of hydrogen-bond acceptors (Lipinski definition) is 3. The topological polar surface area (TPSA) is 50.4 Å². The van der Waals surface area contributed by atoms with Gasteiger partial charge in [-0.1, -0.05) is 25.1 Å². The van der Waals surface area contributed by atoms with Gasteiger partial charge in [0, 0.05) is 12.1 Å². The van der Waals surface area contributed by atoms with E-state index in [-0.39, 0.29) is 12.0 Å². The van der Waals surface area contributed by atoms with Gasteiger partial charge in [-0.15, -0.1) is 0 Å². The van der Waals surface area contributed by atoms with Crippen molar-refractivity contribution in [2.45, 2.75) is 77.9 Å². The van der Waals surface area contributed by atoms with Gasteiger partial charge in [0.1, 0.15) is 0 Å². The van der Waals surface area contributed by atoms with Gasteiger partial charge in [-0.25, -0.2) is 0 Å². The summed E-state index contributed by atoms with van der Waals surface area (Å²) in [6.45, 7) is 8.50. The van der Waals surface area contributed by atoms with Crippen molar-refractivity contribution in [3.8, 4) is 0 Å². The molecule has 0 aromatic heterocycles. The summed E-state index contributed by atoms with van der Waals surface area (Å²) in [5, 5.41) is 6.37. The molecule has 150 valence electrons. The Morgan fingerprint density at radius 3 is 2.63 bits per heavy atom. The number of unbranched alkanes of at least 4 members (excludes halogenated alkanes) is 1. The molecule has 0 fully saturated rings. The predicted octanol–water partition coefficient (Wildman–Crippen LogP) is 5.16. The van der Waals surface area contributed by atoms with Crippen molar-refractivity contribution in [2.24, 2.45) is 0 Å². The second kappa shape index (κ2) is 11.9. The lowest BCUT2D eigenvalue weighted by molar-refractivity contribution is -0.116. The molecule has 2 rings (SSSR count). The van der Waals surface area contributed by atoms with Crippen molar-refractivity contribution in [3.63, 3.8) is 0 Å². The average Bonchev–Trinajstić information content (AvgIpc) is 2.63. The van der Waals surface area contributed by atoms with E-state index in [1.165, 1.54) is 11.1 Å². The van der Waals surface area contributed by atoms with Gasteiger partial charge in [0.25, 0.3) is 0 Å². The zero-order valence-corrected chi connectivity index (χ0v) is 17.2. The Balaban J connectivity index is 1.80. The summed E-state index contributed by atoms with van der Waals surface area (Å²) in [4.78, 5) is 12.1. The highest BCUT2D eigenvalue weighted by molar-refractivity contribution is 5.90. The minimum Gasteiger partial charge on any atom is -0.375 e. The molecule has 4 heteroatoms. The van der Waals surface area contributed by atoms with Crippen molar-refractivity contribution in [3.05, 3.63) is 35.9 Å². The van der Waals surface area contributed by atoms with E-state index in [1.807, 2.05) is 12.1 Å². The van der Waals surface area contributed by atoms with Gasteiger partial charge in [-0.3, -0.25) is 4.79 Å². The first-order valence-corrected chi connectivity index (χ1v) is 10.5. The van der Waals surface area contributed by atoms with Gasteiger partial charge in [0.05, 0.1) is 12.2 Å². The summed E-state index contributed by atoms with van der Waals surface area (Å²) in [7, 11) is 0. The predicted molar refractivity (Wildman–Crippen MR) is 114 cm³/mol. The highest BCUT2D eigenvalue weighted by atomic mass is 16.5. The van der Waals surface area contributed by atoms with Crippen molar-refractivity contribution < 1.29 is 9.53 Å². The number of ether oxygens (including phenoxy) is 1. The number of amides is 1. The lowest BCUT2D eigenvalue weighted by atomic mass is 9.96. The summed E-state index contributed by atoms with van der Waals surface area (Å²) in [6.07, 6.45) is 9.65. The molecule has 0 radical (unpaired) electrons. The standard InChI is InChI=1S/C23H36N2O2/c1-4-15-24-16-6-5-10-23(26)25-22-13-11-20(12-14-22)21-9-7-8-18(2)27-19(3)17-21/h9,11-14,18-19,24H,4-8,10,15-17H2,1-3H3,(H,25,26)/b21-9+/t18?,19-/m0/s1. The first-order valence-electron chi connectivity index (χ1n) is 10.5. The number of carbonyl (C=O) groups excluding carboxylic acids is 1. The van der Waals surface area contributed by atoms with Crippen LogP contribution in [0, 0.1) is 0 Å². The van der Waals surface area contributed by atoms with E-state index in [2.05, 4.69) is 49.6 Å². The molecule has 1 aliphatic heterocycles. The van der Waals surface area contributed by atoms with Crippen molar-refractivity contribution in [2.75, 3.05) is 18.4 Å². The van der Waals surface area contributed by atoms with E-state index in [0.29, 0.717) is 12.5 Å². The average molecular weight is 373 g/mol. The van der Waals surface area contributed by atoms with E-state index >= 15 is 0 Å². The first kappa shape index (κ1) is 21.6. The molecule has 2 atom stereocenters. The van der Waals surface area contributed by atoms with E-state index in [4.69, 9.17) is 4.74 Å². The minimum atomic E-state index is 0.0967. The van der Waals surface area contributed by atoms with Crippen LogP contribution in [0.25, 0.3) is 5.57 Å². The third-order valence-corrected chi connectivity index (χ3v) is 4.91. The van der Waals surface area contributed by atoms with E-state index in [9.17, 15) is 4.79 Å². The van der Waals surface area contributed by atoms with Crippen molar-refractivity contribution in [1.29, 1.82) is 0 Å². The molecule has 1 aromatic carbocycles. The molecular formula is C23H36N2O2. The number of anilines is 1. The Morgan fingerprint density at radius 1 is 1.11 bits per heavy atom. The molecule has 27 heavy (non-hydrogen) atoms. The summed E-state index contributed by atoms with van der Waals surface area (Å²) >= 11 is 0. The highest BCUT2D eigenvalue weighted by Crippen LogP contribution is 2.27. The summed E-state index contributed by atoms with van der Waals surface area (Å²) in [5.41, 5.74) is 3.43. The SMILES string of the molecule is CCCNCCCCC(=O)Nc1ccc(/C2=C/CCC(C)O[C@@H](C)C2)cc1. The van der Waals surface area contributed by atoms with Crippen LogP contribution >= 0.6 is 0 Å². The minimum absolute atomic E-state index is 0.0967. The third-order valence-electron chi connectivity index (χ3n) is 4.91. The molecule has 4 nitrogen and oxygen atoms in total. The number of rotatable bonds is 9. The van der Waals surface area contributed by atoms with Crippen LogP contribution in [0.1, 0.15) is 71.3 Å². The Labute approximate surface area is 164 Å². The lowest BCUT2D eigenvalue weighted by Crippen LogP contribution is -2.19. The molecule has 0 spiro atoms. The second-order valence-electron chi connectivity index (χ2n) is 7.60. The van der Waals surface area contributed by atoms with Gasteiger partial charge in [0.2, 0.25) is 5.91 Å². The van der Waals surface area contributed by atoms with Crippen LogP contribution in [0.2, 0.25) is 0 Å². The van der Waals surface area contributed by atoms with Gasteiger partial charge in [0.15, 0.2) is 0 Å². The maximum Gasteiger partial charge on any atom is 0.224 e. The van der Waals surface area contributed by atoms with E-state index in [0.717, 1.165) is 57.3 Å². The first-order chi connectivity index (χ1) is 13.1. The van der Waals surface area contributed by atoms with E-state index in [1.54, 1.807) is 0 Å². The molecule has 0 saturated heterocycles. The second-order valence-corrected chi connectivity index (χ2v) is 7.60. The molecule has 1 unspecified atom stereocenters. The van der Waals surface area contributed by atoms with E-state index < -0.39 is 0 Å². The Bertz CT molecular complexity index is 595. The smallest absolute Gasteiger partial charge is 0.224 e. The quantitative estimate of drug-likeness (QED) is 0.589. The Morgan fingerprint density at radius 2 is 1.89 bits per heavy atom. The number of nitrogens with one attached hydrogen (secondary N) is 2. The Hall–Kier alpha value is -1.65. The third kappa shape index (κ3) is 8.27. The van der Waals surface area contributed by atoms with Crippen LogP contribution in [0.3, 0.4) is 0 Å². The molecule has 0 bridgehead atoms. The van der Waals surface area contributed by atoms with Crippen LogP contribution in [-0.4, -0.2) is 31.2 Å². The molecule has 1 heterocycles. The summed E-state index contributed by atoms with van der Waals surface area (Å²) in [6, 6.07) is 8.22. The van der Waals surface area contributed by atoms with Crippen LogP contribution < -0.4 is 10.6 Å². The maximum atomic E-state index is 12.1. The largest absolute Gasteiger partial charge is 0.375 e. The van der Waals surface area contributed by atoms with Crippen LogP contribution in [-0.2, 0) is 9.53 Å². The normalized spacial score (nSPS) is 22.4. The molecule has 2 N–H and O–H groups in total. The molecule has 1 amide bonds. The zero-order chi connectivity index (χ0) is 19.5. The maximum absolute atomic E-state index is 12.1. The van der Waals surface area contributed by atoms with Gasteiger partial charge in [-0.05, 0) is 88.7 Å². The van der Waals surface area contributed by atoms with Crippen molar-refractivity contribution in [1.82, 2.24) is 5.32 Å². The Kier molecular flexibility index (Phi) is 9.57. The van der Waals surface area contributed by atoms with Gasteiger partial charge in [-0.2, -0.15) is 0 Å². The van der Waals surface area contributed by atoms with Gasteiger partial charge < -0.3 is 15.4 Å². The summed E-state index contributed by atoms with van der Waals surface area (Å²) < 4.78 is 5.99. The van der Waals surface area contributed by atoms with Crippen LogP contribution in [0.15, 0.2) is 30.3 Å². The van der Waals surface area contributed by atoms with Crippen LogP contribution in [0.4, 0.5) is 5.69 Å². The molecule has 1 aliphatic rings. The van der Waals surface area contributed by atoms with Gasteiger partial charge >= 0.3 is 0 Å². The monoisotopic (exact) mass is 372 g/mol. The fraction of sp³-hybridized carbons (Fsp3) is 0.609. The molecule has 0 saturated carbocycles. The fourth-order valence-corrected chi connectivity index (χ4v) is 3.46. The number of benzene rings is 1. The number of hydrogen-bond donors (Lipinski definition) is 2. The zero-order valence-electron chi connectivity index (χ0n) is 17.2. The number of carbonyl (C=O) groups is 1. The molecule has 1 aromatic rings. The van der Waals surface area contributed by atoms with Crippen LogP contribution in [0.5, 0.6) is 0 Å². The lowest BCUT2D eigenvalue weighted by Gasteiger charge is -2.23. The molecular weight excluding hydrogens is 336 g/mol. The highest BCUT2D eigenvalue weighted by Gasteiger charge is 2.15.